The lowest BCUT2D eigenvalue weighted by molar-refractivity contribution is 0.664. The van der Waals surface area contributed by atoms with Gasteiger partial charge in [0.25, 0.3) is 0 Å². The van der Waals surface area contributed by atoms with Gasteiger partial charge in [0.05, 0.1) is 0 Å². The molecule has 234 valence electrons. The van der Waals surface area contributed by atoms with E-state index in [2.05, 4.69) is 103 Å². The zero-order chi connectivity index (χ0) is 33.0. The summed E-state index contributed by atoms with van der Waals surface area (Å²) in [5, 5.41) is 4.20. The molecule has 0 amide bonds. The molecular weight excluding hydrogens is 615 g/mol. The van der Waals surface area contributed by atoms with Gasteiger partial charge >= 0.3 is 0 Å². The summed E-state index contributed by atoms with van der Waals surface area (Å²) in [6.07, 6.45) is 0. The molecule has 0 fully saturated rings. The van der Waals surface area contributed by atoms with Crippen LogP contribution < -0.4 is 0 Å². The van der Waals surface area contributed by atoms with Crippen LogP contribution in [-0.2, 0) is 0 Å². The van der Waals surface area contributed by atoms with Gasteiger partial charge in [-0.05, 0) is 64.7 Å². The fourth-order valence-electron chi connectivity index (χ4n) is 6.83. The van der Waals surface area contributed by atoms with Crippen molar-refractivity contribution in [2.75, 3.05) is 0 Å². The van der Waals surface area contributed by atoms with Crippen LogP contribution in [0.3, 0.4) is 0 Å². The fraction of sp³-hybridized carbons (Fsp3) is 0. The van der Waals surface area contributed by atoms with Crippen LogP contribution in [0.2, 0.25) is 0 Å². The van der Waals surface area contributed by atoms with Crippen molar-refractivity contribution in [3.05, 3.63) is 164 Å². The van der Waals surface area contributed by atoms with Crippen LogP contribution in [0.1, 0.15) is 0 Å². The van der Waals surface area contributed by atoms with Crippen molar-refractivity contribution >= 4 is 43.9 Å². The molecule has 3 aromatic heterocycles. The van der Waals surface area contributed by atoms with Crippen molar-refractivity contribution in [2.45, 2.75) is 0 Å². The number of furan rings is 2. The molecule has 0 saturated carbocycles. The van der Waals surface area contributed by atoms with Gasteiger partial charge in [-0.3, -0.25) is 0 Å². The van der Waals surface area contributed by atoms with Crippen LogP contribution in [0.25, 0.3) is 100 Å². The smallest absolute Gasteiger partial charge is 0.164 e. The lowest BCUT2D eigenvalue weighted by Gasteiger charge is -2.10. The topological polar surface area (TPSA) is 65.0 Å². The molecule has 10 rings (SSSR count). The van der Waals surface area contributed by atoms with Crippen LogP contribution in [0.15, 0.2) is 173 Å². The van der Waals surface area contributed by atoms with E-state index in [-0.39, 0.29) is 0 Å². The average molecular weight is 642 g/mol. The number of hydrogen-bond donors (Lipinski definition) is 0. The first-order valence-corrected chi connectivity index (χ1v) is 16.6. The van der Waals surface area contributed by atoms with E-state index in [0.717, 1.165) is 82.8 Å². The summed E-state index contributed by atoms with van der Waals surface area (Å²) in [7, 11) is 0. The number of fused-ring (bicyclic) bond motifs is 6. The van der Waals surface area contributed by atoms with Gasteiger partial charge < -0.3 is 8.83 Å². The van der Waals surface area contributed by atoms with E-state index in [1.807, 2.05) is 60.7 Å². The lowest BCUT2D eigenvalue weighted by atomic mass is 10.00. The Morgan fingerprint density at radius 1 is 0.260 bits per heavy atom. The van der Waals surface area contributed by atoms with Crippen molar-refractivity contribution in [3.8, 4) is 56.4 Å². The molecule has 5 heteroatoms. The summed E-state index contributed by atoms with van der Waals surface area (Å²) in [6.45, 7) is 0. The number of rotatable bonds is 5. The molecule has 0 aliphatic carbocycles. The zero-order valence-corrected chi connectivity index (χ0v) is 26.7. The Kier molecular flexibility index (Phi) is 6.42. The molecule has 0 aliphatic heterocycles. The van der Waals surface area contributed by atoms with Gasteiger partial charge in [-0.15, -0.1) is 0 Å². The second-order valence-electron chi connectivity index (χ2n) is 12.5. The maximum absolute atomic E-state index is 6.34. The third kappa shape index (κ3) is 4.83. The Balaban J connectivity index is 1.08. The second kappa shape index (κ2) is 11.4. The van der Waals surface area contributed by atoms with Gasteiger partial charge in [-0.1, -0.05) is 121 Å². The summed E-state index contributed by atoms with van der Waals surface area (Å²) < 4.78 is 12.6. The fourth-order valence-corrected chi connectivity index (χ4v) is 6.83. The Bertz CT molecular complexity index is 2870. The predicted molar refractivity (Wildman–Crippen MR) is 202 cm³/mol. The number of nitrogens with zero attached hydrogens (tertiary/aromatic N) is 3. The molecule has 0 unspecified atom stereocenters. The highest BCUT2D eigenvalue weighted by molar-refractivity contribution is 6.15. The summed E-state index contributed by atoms with van der Waals surface area (Å²) >= 11 is 0. The maximum Gasteiger partial charge on any atom is 0.164 e. The summed E-state index contributed by atoms with van der Waals surface area (Å²) in [5.41, 5.74) is 10.5. The predicted octanol–water partition coefficient (Wildman–Crippen LogP) is 12.0. The van der Waals surface area contributed by atoms with Crippen molar-refractivity contribution < 1.29 is 8.83 Å². The molecule has 7 aromatic carbocycles. The zero-order valence-electron chi connectivity index (χ0n) is 26.7. The third-order valence-electron chi connectivity index (χ3n) is 9.32. The van der Waals surface area contributed by atoms with Gasteiger partial charge in [0.15, 0.2) is 17.5 Å². The quantitative estimate of drug-likeness (QED) is 0.187. The summed E-state index contributed by atoms with van der Waals surface area (Å²) in [4.78, 5) is 15.0. The molecule has 0 spiro atoms. The van der Waals surface area contributed by atoms with Crippen molar-refractivity contribution in [3.63, 3.8) is 0 Å². The molecule has 0 saturated heterocycles. The highest BCUT2D eigenvalue weighted by atomic mass is 16.3. The Hall–Kier alpha value is -6.85. The van der Waals surface area contributed by atoms with Gasteiger partial charge in [0, 0.05) is 38.2 Å². The van der Waals surface area contributed by atoms with Crippen molar-refractivity contribution in [1.29, 1.82) is 0 Å². The molecule has 5 nitrogen and oxygen atoms in total. The van der Waals surface area contributed by atoms with E-state index in [1.165, 1.54) is 0 Å². The van der Waals surface area contributed by atoms with Gasteiger partial charge in [-0.2, -0.15) is 0 Å². The van der Waals surface area contributed by atoms with E-state index in [9.17, 15) is 0 Å². The molecule has 3 heterocycles. The molecule has 50 heavy (non-hydrogen) atoms. The largest absolute Gasteiger partial charge is 0.456 e. The van der Waals surface area contributed by atoms with E-state index >= 15 is 0 Å². The van der Waals surface area contributed by atoms with Crippen LogP contribution in [-0.4, -0.2) is 15.0 Å². The number of hydrogen-bond acceptors (Lipinski definition) is 5. The number of para-hydroxylation sites is 1. The Morgan fingerprint density at radius 2 is 0.700 bits per heavy atom. The molecule has 10 aromatic rings. The molecule has 0 N–H and O–H groups in total. The first-order chi connectivity index (χ1) is 24.7. The monoisotopic (exact) mass is 641 g/mol. The average Bonchev–Trinajstić information content (AvgIpc) is 3.74. The van der Waals surface area contributed by atoms with E-state index in [4.69, 9.17) is 23.8 Å². The molecule has 0 radical (unpaired) electrons. The molecule has 0 aliphatic rings. The minimum atomic E-state index is 0.614. The van der Waals surface area contributed by atoms with Crippen LogP contribution in [0.4, 0.5) is 0 Å². The van der Waals surface area contributed by atoms with Gasteiger partial charge in [-0.25, -0.2) is 15.0 Å². The maximum atomic E-state index is 6.34. The van der Waals surface area contributed by atoms with Crippen LogP contribution in [0.5, 0.6) is 0 Å². The lowest BCUT2D eigenvalue weighted by Crippen LogP contribution is -2.00. The highest BCUT2D eigenvalue weighted by Gasteiger charge is 2.16. The normalized spacial score (nSPS) is 11.6. The molecule has 0 atom stereocenters. The van der Waals surface area contributed by atoms with Crippen molar-refractivity contribution in [1.82, 2.24) is 15.0 Å². The Labute approximate surface area is 287 Å². The minimum Gasteiger partial charge on any atom is -0.456 e. The first kappa shape index (κ1) is 28.2. The standard InChI is InChI=1S/C45H27N3O2/c1-3-11-28(12-4-1)30-15-9-17-33(23-30)44-46-43(29-13-5-2-6-14-29)47-45(48-44)34-18-10-16-31(24-34)32-21-22-40-36(25-32)38-27-41-37(26-42(38)50-40)35-19-7-8-20-39(35)49-41/h1-27H. The van der Waals surface area contributed by atoms with E-state index in [0.29, 0.717) is 17.5 Å². The second-order valence-corrected chi connectivity index (χ2v) is 12.5. The Morgan fingerprint density at radius 3 is 1.36 bits per heavy atom. The van der Waals surface area contributed by atoms with Gasteiger partial charge in [0.2, 0.25) is 0 Å². The van der Waals surface area contributed by atoms with Crippen molar-refractivity contribution in [2.24, 2.45) is 0 Å². The van der Waals surface area contributed by atoms with E-state index in [1.54, 1.807) is 0 Å². The minimum absolute atomic E-state index is 0.614. The van der Waals surface area contributed by atoms with Crippen LogP contribution >= 0.6 is 0 Å². The first-order valence-electron chi connectivity index (χ1n) is 16.6. The summed E-state index contributed by atoms with van der Waals surface area (Å²) in [6, 6.07) is 55.8. The number of benzene rings is 7. The third-order valence-corrected chi connectivity index (χ3v) is 9.32. The van der Waals surface area contributed by atoms with Gasteiger partial charge in [0.1, 0.15) is 22.3 Å². The summed E-state index contributed by atoms with van der Waals surface area (Å²) in [5.74, 6) is 1.87. The molecule has 0 bridgehead atoms. The van der Waals surface area contributed by atoms with Crippen LogP contribution in [0, 0.1) is 0 Å². The highest BCUT2D eigenvalue weighted by Crippen LogP contribution is 2.38. The SMILES string of the molecule is c1ccc(-c2cccc(-c3nc(-c4ccccc4)nc(-c4cccc(-c5ccc6oc7cc8c(cc7c6c5)oc5ccccc58)c4)n3)c2)cc1. The molecular formula is C45H27N3O2. The number of aromatic nitrogens is 3. The van der Waals surface area contributed by atoms with E-state index < -0.39 is 0 Å².